The number of ether oxygens (including phenoxy) is 1. The van der Waals surface area contributed by atoms with Crippen LogP contribution in [0.3, 0.4) is 0 Å². The van der Waals surface area contributed by atoms with Gasteiger partial charge in [-0.2, -0.15) is 0 Å². The van der Waals surface area contributed by atoms with E-state index < -0.39 is 0 Å². The Hall–Kier alpha value is -1.36. The fraction of sp³-hybridized carbons (Fsp3) is 0.529. The van der Waals surface area contributed by atoms with E-state index >= 15 is 0 Å². The van der Waals surface area contributed by atoms with Crippen LogP contribution in [0.15, 0.2) is 28.7 Å². The largest absolute Gasteiger partial charge is 0.459 e. The fourth-order valence-electron chi connectivity index (χ4n) is 3.17. The van der Waals surface area contributed by atoms with Crippen molar-refractivity contribution in [2.45, 2.75) is 39.0 Å². The number of likely N-dealkylation sites (tertiary alicyclic amines) is 1. The molecule has 0 atom stereocenters. The second kappa shape index (κ2) is 6.60. The number of hydrogen-bond donors (Lipinski definition) is 1. The van der Waals surface area contributed by atoms with Crippen molar-refractivity contribution in [3.63, 3.8) is 0 Å². The van der Waals surface area contributed by atoms with Gasteiger partial charge in [-0.25, -0.2) is 0 Å². The van der Waals surface area contributed by atoms with Crippen LogP contribution in [0.5, 0.6) is 0 Å². The predicted octanol–water partition coefficient (Wildman–Crippen LogP) is 2.89. The molecule has 1 fully saturated rings. The molecule has 3 rings (SSSR count). The third kappa shape index (κ3) is 3.12. The van der Waals surface area contributed by atoms with Gasteiger partial charge in [-0.3, -0.25) is 4.90 Å². The van der Waals surface area contributed by atoms with Gasteiger partial charge in [0.1, 0.15) is 11.3 Å². The van der Waals surface area contributed by atoms with Crippen molar-refractivity contribution < 1.29 is 9.15 Å². The fourth-order valence-corrected chi connectivity index (χ4v) is 3.17. The zero-order valence-electron chi connectivity index (χ0n) is 12.7. The van der Waals surface area contributed by atoms with Gasteiger partial charge in [0.25, 0.3) is 0 Å². The van der Waals surface area contributed by atoms with Gasteiger partial charge in [0.05, 0.1) is 12.6 Å². The van der Waals surface area contributed by atoms with Crippen molar-refractivity contribution in [3.05, 3.63) is 35.6 Å². The number of para-hydroxylation sites is 1. The lowest BCUT2D eigenvalue weighted by molar-refractivity contribution is 0.0112. The normalized spacial score (nSPS) is 17.6. The highest BCUT2D eigenvalue weighted by molar-refractivity contribution is 5.82. The number of piperidine rings is 1. The molecular formula is C17H24N2O2. The maximum Gasteiger partial charge on any atom is 0.134 e. The zero-order chi connectivity index (χ0) is 14.7. The molecule has 2 aromatic rings. The number of rotatable bonds is 5. The Morgan fingerprint density at radius 3 is 2.76 bits per heavy atom. The number of furan rings is 1. The molecule has 0 spiro atoms. The van der Waals surface area contributed by atoms with Crippen molar-refractivity contribution in [2.24, 2.45) is 5.73 Å². The Balaban J connectivity index is 1.71. The smallest absolute Gasteiger partial charge is 0.134 e. The average Bonchev–Trinajstić information content (AvgIpc) is 2.86. The van der Waals surface area contributed by atoms with E-state index in [0.29, 0.717) is 12.6 Å². The molecule has 0 radical (unpaired) electrons. The minimum Gasteiger partial charge on any atom is -0.459 e. The molecule has 21 heavy (non-hydrogen) atoms. The van der Waals surface area contributed by atoms with E-state index in [1.807, 2.05) is 18.2 Å². The minimum absolute atomic E-state index is 0.427. The van der Waals surface area contributed by atoms with Crippen LogP contribution in [0.25, 0.3) is 11.0 Å². The summed E-state index contributed by atoms with van der Waals surface area (Å²) in [6.07, 6.45) is 2.63. The van der Waals surface area contributed by atoms with E-state index in [2.05, 4.69) is 17.9 Å². The van der Waals surface area contributed by atoms with Crippen molar-refractivity contribution >= 4 is 11.0 Å². The van der Waals surface area contributed by atoms with Gasteiger partial charge < -0.3 is 14.9 Å². The average molecular weight is 288 g/mol. The summed E-state index contributed by atoms with van der Waals surface area (Å²) in [4.78, 5) is 2.44. The quantitative estimate of drug-likeness (QED) is 0.919. The van der Waals surface area contributed by atoms with E-state index in [-0.39, 0.29) is 0 Å². The summed E-state index contributed by atoms with van der Waals surface area (Å²) in [7, 11) is 0. The number of fused-ring (bicyclic) bond motifs is 1. The second-order valence-electron chi connectivity index (χ2n) is 5.63. The molecule has 114 valence electrons. The van der Waals surface area contributed by atoms with E-state index in [4.69, 9.17) is 14.9 Å². The summed E-state index contributed by atoms with van der Waals surface area (Å²) in [5.41, 5.74) is 8.02. The third-order valence-electron chi connectivity index (χ3n) is 4.29. The third-order valence-corrected chi connectivity index (χ3v) is 4.29. The number of nitrogens with two attached hydrogens (primary N) is 1. The first-order valence-corrected chi connectivity index (χ1v) is 7.85. The summed E-state index contributed by atoms with van der Waals surface area (Å²) in [6, 6.07) is 8.14. The Kier molecular flexibility index (Phi) is 4.58. The second-order valence-corrected chi connectivity index (χ2v) is 5.63. The van der Waals surface area contributed by atoms with Crippen molar-refractivity contribution in [2.75, 3.05) is 19.7 Å². The Morgan fingerprint density at radius 1 is 1.29 bits per heavy atom. The molecule has 0 saturated carbocycles. The molecule has 0 unspecified atom stereocenters. The van der Waals surface area contributed by atoms with E-state index in [0.717, 1.165) is 61.4 Å². The highest BCUT2D eigenvalue weighted by Gasteiger charge is 2.22. The van der Waals surface area contributed by atoms with E-state index in [1.54, 1.807) is 0 Å². The number of hydrogen-bond acceptors (Lipinski definition) is 4. The maximum atomic E-state index is 6.01. The van der Waals surface area contributed by atoms with Gasteiger partial charge in [-0.15, -0.1) is 0 Å². The van der Waals surface area contributed by atoms with Gasteiger partial charge in [0.2, 0.25) is 0 Å². The van der Waals surface area contributed by atoms with Crippen LogP contribution < -0.4 is 5.73 Å². The van der Waals surface area contributed by atoms with Crippen LogP contribution in [-0.4, -0.2) is 30.7 Å². The molecule has 1 aromatic carbocycles. The van der Waals surface area contributed by atoms with Gasteiger partial charge in [-0.1, -0.05) is 18.2 Å². The summed E-state index contributed by atoms with van der Waals surface area (Å²) in [5.74, 6) is 1.02. The minimum atomic E-state index is 0.427. The summed E-state index contributed by atoms with van der Waals surface area (Å²) < 4.78 is 11.7. The molecule has 1 saturated heterocycles. The van der Waals surface area contributed by atoms with Gasteiger partial charge in [0, 0.05) is 37.2 Å². The number of nitrogens with zero attached hydrogens (tertiary/aromatic N) is 1. The maximum absolute atomic E-state index is 6.01. The van der Waals surface area contributed by atoms with Crippen LogP contribution in [-0.2, 0) is 17.8 Å². The molecule has 4 nitrogen and oxygen atoms in total. The molecule has 1 aliphatic heterocycles. The molecular weight excluding hydrogens is 264 g/mol. The monoisotopic (exact) mass is 288 g/mol. The first kappa shape index (κ1) is 14.6. The summed E-state index contributed by atoms with van der Waals surface area (Å²) in [6.45, 7) is 6.37. The Morgan fingerprint density at radius 2 is 2.05 bits per heavy atom. The highest BCUT2D eigenvalue weighted by Crippen LogP contribution is 2.27. The first-order valence-electron chi connectivity index (χ1n) is 7.85. The standard InChI is InChI=1S/C17H24N2O2/c1-2-20-13-7-9-19(10-8-13)12-17-15(11-18)14-5-3-4-6-16(14)21-17/h3-6,13H,2,7-12,18H2,1H3. The molecule has 0 bridgehead atoms. The van der Waals surface area contributed by atoms with Crippen molar-refractivity contribution in [1.82, 2.24) is 4.90 Å². The SMILES string of the molecule is CCOC1CCN(Cc2oc3ccccc3c2CN)CC1. The van der Waals surface area contributed by atoms with Crippen molar-refractivity contribution in [1.29, 1.82) is 0 Å². The Bertz CT molecular complexity index is 585. The topological polar surface area (TPSA) is 51.6 Å². The molecule has 1 aromatic heterocycles. The van der Waals surface area contributed by atoms with Crippen LogP contribution in [0.1, 0.15) is 31.1 Å². The lowest BCUT2D eigenvalue weighted by atomic mass is 10.1. The van der Waals surface area contributed by atoms with Crippen LogP contribution in [0, 0.1) is 0 Å². The van der Waals surface area contributed by atoms with Crippen LogP contribution in [0.2, 0.25) is 0 Å². The lowest BCUT2D eigenvalue weighted by Gasteiger charge is -2.31. The van der Waals surface area contributed by atoms with Crippen LogP contribution >= 0.6 is 0 Å². The van der Waals surface area contributed by atoms with Crippen LogP contribution in [0.4, 0.5) is 0 Å². The van der Waals surface area contributed by atoms with Gasteiger partial charge >= 0.3 is 0 Å². The molecule has 0 amide bonds. The molecule has 1 aliphatic rings. The molecule has 4 heteroatoms. The van der Waals surface area contributed by atoms with Gasteiger partial charge in [0.15, 0.2) is 0 Å². The molecule has 0 aliphatic carbocycles. The predicted molar refractivity (Wildman–Crippen MR) is 84.0 cm³/mol. The summed E-state index contributed by atoms with van der Waals surface area (Å²) in [5, 5.41) is 1.15. The number of benzene rings is 1. The first-order chi connectivity index (χ1) is 10.3. The van der Waals surface area contributed by atoms with Gasteiger partial charge in [-0.05, 0) is 25.8 Å². The molecule has 2 N–H and O–H groups in total. The lowest BCUT2D eigenvalue weighted by Crippen LogP contribution is -2.36. The highest BCUT2D eigenvalue weighted by atomic mass is 16.5. The van der Waals surface area contributed by atoms with E-state index in [1.165, 1.54) is 0 Å². The zero-order valence-corrected chi connectivity index (χ0v) is 12.7. The van der Waals surface area contributed by atoms with Crippen molar-refractivity contribution in [3.8, 4) is 0 Å². The summed E-state index contributed by atoms with van der Waals surface area (Å²) >= 11 is 0. The molecule has 2 heterocycles. The van der Waals surface area contributed by atoms with E-state index in [9.17, 15) is 0 Å². The Labute approximate surface area is 125 Å².